The number of carbonyl (C=O) groups is 2. The smallest absolute Gasteiger partial charge is 0.323 e. The molecule has 0 radical (unpaired) electrons. The van der Waals surface area contributed by atoms with Gasteiger partial charge < -0.3 is 10.5 Å². The van der Waals surface area contributed by atoms with Crippen LogP contribution in [-0.2, 0) is 22.6 Å². The summed E-state index contributed by atoms with van der Waals surface area (Å²) in [6, 6.07) is 15.7. The van der Waals surface area contributed by atoms with Gasteiger partial charge in [-0.3, -0.25) is 9.59 Å². The molecular formula is C17H17NO3. The average Bonchev–Trinajstić information content (AvgIpc) is 2.54. The minimum Gasteiger partial charge on any atom is -0.460 e. The maximum Gasteiger partial charge on any atom is 0.323 e. The van der Waals surface area contributed by atoms with Gasteiger partial charge in [0.2, 0.25) is 0 Å². The molecule has 2 aromatic carbocycles. The normalized spacial score (nSPS) is 11.7. The van der Waals surface area contributed by atoms with Crippen molar-refractivity contribution in [2.75, 3.05) is 0 Å². The molecule has 21 heavy (non-hydrogen) atoms. The molecule has 0 bridgehead atoms. The molecular weight excluding hydrogens is 266 g/mol. The van der Waals surface area contributed by atoms with Crippen molar-refractivity contribution in [3.8, 4) is 0 Å². The molecule has 0 fully saturated rings. The highest BCUT2D eigenvalue weighted by atomic mass is 16.5. The second-order valence-corrected chi connectivity index (χ2v) is 4.76. The Kier molecular flexibility index (Phi) is 5.23. The van der Waals surface area contributed by atoms with Crippen LogP contribution >= 0.6 is 0 Å². The van der Waals surface area contributed by atoms with Crippen LogP contribution in [0, 0.1) is 0 Å². The molecule has 108 valence electrons. The molecule has 0 spiro atoms. The minimum absolute atomic E-state index is 0.220. The summed E-state index contributed by atoms with van der Waals surface area (Å²) in [5, 5.41) is 0. The van der Waals surface area contributed by atoms with Gasteiger partial charge in [-0.05, 0) is 17.5 Å². The quantitative estimate of drug-likeness (QED) is 0.651. The molecule has 0 saturated heterocycles. The minimum atomic E-state index is -0.712. The van der Waals surface area contributed by atoms with Crippen LogP contribution in [-0.4, -0.2) is 18.3 Å². The second-order valence-electron chi connectivity index (χ2n) is 4.76. The summed E-state index contributed by atoms with van der Waals surface area (Å²) in [6.07, 6.45) is 1.16. The third kappa shape index (κ3) is 4.54. The van der Waals surface area contributed by atoms with E-state index in [4.69, 9.17) is 10.5 Å². The van der Waals surface area contributed by atoms with Gasteiger partial charge in [0.25, 0.3) is 0 Å². The summed E-state index contributed by atoms with van der Waals surface area (Å²) in [4.78, 5) is 22.4. The summed E-state index contributed by atoms with van der Waals surface area (Å²) in [5.74, 6) is -0.432. The molecule has 4 nitrogen and oxygen atoms in total. The van der Waals surface area contributed by atoms with Gasteiger partial charge in [0.15, 0.2) is 0 Å². The molecule has 0 unspecified atom stereocenters. The van der Waals surface area contributed by atoms with E-state index in [1.807, 2.05) is 30.3 Å². The van der Waals surface area contributed by atoms with Crippen molar-refractivity contribution in [1.82, 2.24) is 0 Å². The van der Waals surface area contributed by atoms with Gasteiger partial charge in [-0.25, -0.2) is 0 Å². The Labute approximate surface area is 123 Å². The molecule has 0 amide bonds. The summed E-state index contributed by atoms with van der Waals surface area (Å²) in [6.45, 7) is 0.220. The summed E-state index contributed by atoms with van der Waals surface area (Å²) >= 11 is 0. The Hall–Kier alpha value is -2.46. The summed E-state index contributed by atoms with van der Waals surface area (Å²) < 4.78 is 5.19. The lowest BCUT2D eigenvalue weighted by Crippen LogP contribution is -2.34. The van der Waals surface area contributed by atoms with E-state index in [2.05, 4.69) is 0 Å². The highest BCUT2D eigenvalue weighted by Crippen LogP contribution is 2.07. The number of rotatable bonds is 6. The van der Waals surface area contributed by atoms with Crippen LogP contribution in [0.1, 0.15) is 21.5 Å². The standard InChI is InChI=1S/C17H17NO3/c18-16(10-13-6-8-14(11-19)9-7-13)17(20)21-12-15-4-2-1-3-5-15/h1-9,11,16H,10,12,18H2/t16-/m0/s1. The first-order valence-electron chi connectivity index (χ1n) is 6.69. The van der Waals surface area contributed by atoms with E-state index in [0.717, 1.165) is 17.4 Å². The van der Waals surface area contributed by atoms with Gasteiger partial charge in [-0.1, -0.05) is 54.6 Å². The number of aldehydes is 1. The van der Waals surface area contributed by atoms with Gasteiger partial charge in [-0.2, -0.15) is 0 Å². The SMILES string of the molecule is N[C@@H](Cc1ccc(C=O)cc1)C(=O)OCc1ccccc1. The van der Waals surface area contributed by atoms with E-state index in [1.165, 1.54) is 0 Å². The first-order valence-corrected chi connectivity index (χ1v) is 6.69. The number of carbonyl (C=O) groups excluding carboxylic acids is 2. The third-order valence-corrected chi connectivity index (χ3v) is 3.10. The number of nitrogens with two attached hydrogens (primary N) is 1. The van der Waals surface area contributed by atoms with Crippen molar-refractivity contribution in [1.29, 1.82) is 0 Å². The third-order valence-electron chi connectivity index (χ3n) is 3.10. The number of benzene rings is 2. The van der Waals surface area contributed by atoms with Crippen LogP contribution in [0.15, 0.2) is 54.6 Å². The first-order chi connectivity index (χ1) is 10.2. The lowest BCUT2D eigenvalue weighted by atomic mass is 10.1. The predicted octanol–water partition coefficient (Wildman–Crippen LogP) is 2.11. The fourth-order valence-electron chi connectivity index (χ4n) is 1.91. The average molecular weight is 283 g/mol. The zero-order valence-corrected chi connectivity index (χ0v) is 11.6. The number of hydrogen-bond donors (Lipinski definition) is 1. The Morgan fingerprint density at radius 1 is 1.05 bits per heavy atom. The van der Waals surface area contributed by atoms with Gasteiger partial charge in [0.05, 0.1) is 0 Å². The number of esters is 1. The van der Waals surface area contributed by atoms with Gasteiger partial charge in [0, 0.05) is 5.56 Å². The highest BCUT2D eigenvalue weighted by molar-refractivity contribution is 5.76. The molecule has 0 saturated carbocycles. The fourth-order valence-corrected chi connectivity index (χ4v) is 1.91. The molecule has 4 heteroatoms. The zero-order chi connectivity index (χ0) is 15.1. The van der Waals surface area contributed by atoms with E-state index in [0.29, 0.717) is 12.0 Å². The van der Waals surface area contributed by atoms with E-state index in [9.17, 15) is 9.59 Å². The Bertz CT molecular complexity index is 593. The Morgan fingerprint density at radius 3 is 2.33 bits per heavy atom. The Balaban J connectivity index is 1.85. The monoisotopic (exact) mass is 283 g/mol. The largest absolute Gasteiger partial charge is 0.460 e. The molecule has 0 aliphatic heterocycles. The molecule has 1 atom stereocenters. The first kappa shape index (κ1) is 14.9. The van der Waals surface area contributed by atoms with Crippen LogP contribution in [0.2, 0.25) is 0 Å². The van der Waals surface area contributed by atoms with Crippen molar-refractivity contribution >= 4 is 12.3 Å². The van der Waals surface area contributed by atoms with Gasteiger partial charge in [0.1, 0.15) is 18.9 Å². The lowest BCUT2D eigenvalue weighted by Gasteiger charge is -2.11. The van der Waals surface area contributed by atoms with Crippen molar-refractivity contribution in [2.24, 2.45) is 5.73 Å². The topological polar surface area (TPSA) is 69.4 Å². The predicted molar refractivity (Wildman–Crippen MR) is 79.7 cm³/mol. The van der Waals surface area contributed by atoms with Crippen LogP contribution in [0.25, 0.3) is 0 Å². The highest BCUT2D eigenvalue weighted by Gasteiger charge is 2.15. The van der Waals surface area contributed by atoms with Crippen molar-refractivity contribution < 1.29 is 14.3 Å². The molecule has 2 aromatic rings. The summed E-state index contributed by atoms with van der Waals surface area (Å²) in [5.41, 5.74) is 8.25. The Morgan fingerprint density at radius 2 is 1.71 bits per heavy atom. The maximum absolute atomic E-state index is 11.8. The van der Waals surface area contributed by atoms with E-state index < -0.39 is 12.0 Å². The van der Waals surface area contributed by atoms with Crippen molar-refractivity contribution in [3.05, 3.63) is 71.3 Å². The second kappa shape index (κ2) is 7.36. The summed E-state index contributed by atoms with van der Waals surface area (Å²) in [7, 11) is 0. The number of ether oxygens (including phenoxy) is 1. The van der Waals surface area contributed by atoms with Crippen LogP contribution < -0.4 is 5.73 Å². The maximum atomic E-state index is 11.8. The molecule has 0 aliphatic rings. The lowest BCUT2D eigenvalue weighted by molar-refractivity contribution is -0.146. The van der Waals surface area contributed by atoms with Crippen LogP contribution in [0.5, 0.6) is 0 Å². The zero-order valence-electron chi connectivity index (χ0n) is 11.6. The van der Waals surface area contributed by atoms with Gasteiger partial charge in [-0.15, -0.1) is 0 Å². The van der Waals surface area contributed by atoms with Crippen LogP contribution in [0.4, 0.5) is 0 Å². The van der Waals surface area contributed by atoms with Gasteiger partial charge >= 0.3 is 5.97 Å². The molecule has 2 rings (SSSR count). The van der Waals surface area contributed by atoms with E-state index in [1.54, 1.807) is 24.3 Å². The molecule has 2 N–H and O–H groups in total. The molecule has 0 heterocycles. The number of hydrogen-bond acceptors (Lipinski definition) is 4. The van der Waals surface area contributed by atoms with Crippen molar-refractivity contribution in [2.45, 2.75) is 19.1 Å². The molecule has 0 aliphatic carbocycles. The van der Waals surface area contributed by atoms with Crippen molar-refractivity contribution in [3.63, 3.8) is 0 Å². The fraction of sp³-hybridized carbons (Fsp3) is 0.176. The molecule has 0 aromatic heterocycles. The van der Waals surface area contributed by atoms with E-state index in [-0.39, 0.29) is 6.61 Å². The van der Waals surface area contributed by atoms with Crippen LogP contribution in [0.3, 0.4) is 0 Å². The van der Waals surface area contributed by atoms with E-state index >= 15 is 0 Å².